The fourth-order valence-corrected chi connectivity index (χ4v) is 5.05. The number of rotatable bonds is 7. The van der Waals surface area contributed by atoms with Crippen molar-refractivity contribution in [2.45, 2.75) is 69.6 Å². The van der Waals surface area contributed by atoms with Crippen LogP contribution in [0, 0.1) is 0 Å². The highest BCUT2D eigenvalue weighted by molar-refractivity contribution is 14.0. The molecule has 0 bridgehead atoms. The fourth-order valence-electron chi connectivity index (χ4n) is 5.05. The molecule has 1 aromatic carbocycles. The zero-order valence-electron chi connectivity index (χ0n) is 20.0. The Bertz CT molecular complexity index is 908. The van der Waals surface area contributed by atoms with Gasteiger partial charge >= 0.3 is 0 Å². The number of nitrogens with one attached hydrogen (secondary N) is 2. The van der Waals surface area contributed by atoms with E-state index in [0.717, 1.165) is 49.3 Å². The number of halogens is 1. The van der Waals surface area contributed by atoms with Gasteiger partial charge in [0.05, 0.1) is 13.7 Å². The first-order valence-corrected chi connectivity index (χ1v) is 11.7. The second kappa shape index (κ2) is 12.0. The van der Waals surface area contributed by atoms with Gasteiger partial charge in [-0.05, 0) is 37.0 Å². The van der Waals surface area contributed by atoms with Gasteiger partial charge in [0, 0.05) is 38.6 Å². The molecule has 33 heavy (non-hydrogen) atoms. The molecule has 1 unspecified atom stereocenters. The highest BCUT2D eigenvalue weighted by Crippen LogP contribution is 2.39. The van der Waals surface area contributed by atoms with E-state index in [4.69, 9.17) is 9.47 Å². The summed E-state index contributed by atoms with van der Waals surface area (Å²) in [7, 11) is 5.23. The second-order valence-corrected chi connectivity index (χ2v) is 8.93. The average molecular weight is 569 g/mol. The Kier molecular flexibility index (Phi) is 9.37. The highest BCUT2D eigenvalue weighted by atomic mass is 127. The average Bonchev–Trinajstić information content (AvgIpc) is 3.24. The molecule has 1 atom stereocenters. The minimum absolute atomic E-state index is 0. The maximum Gasteiger partial charge on any atom is 0.191 e. The van der Waals surface area contributed by atoms with E-state index in [0.29, 0.717) is 6.61 Å². The van der Waals surface area contributed by atoms with E-state index in [2.05, 4.69) is 50.0 Å². The molecule has 2 aliphatic rings. The normalized spacial score (nSPS) is 19.8. The monoisotopic (exact) mass is 568 g/mol. The summed E-state index contributed by atoms with van der Waals surface area (Å²) in [5.74, 6) is 3.56. The lowest BCUT2D eigenvalue weighted by Gasteiger charge is -2.39. The van der Waals surface area contributed by atoms with Gasteiger partial charge in [0.25, 0.3) is 0 Å². The molecule has 0 saturated heterocycles. The second-order valence-electron chi connectivity index (χ2n) is 8.93. The van der Waals surface area contributed by atoms with Gasteiger partial charge in [0.15, 0.2) is 11.8 Å². The van der Waals surface area contributed by atoms with E-state index >= 15 is 0 Å². The van der Waals surface area contributed by atoms with Crippen molar-refractivity contribution in [2.75, 3.05) is 27.8 Å². The summed E-state index contributed by atoms with van der Waals surface area (Å²) in [5, 5.41) is 11.8. The van der Waals surface area contributed by atoms with Gasteiger partial charge in [-0.3, -0.25) is 4.99 Å². The molecule has 1 fully saturated rings. The van der Waals surface area contributed by atoms with Crippen LogP contribution in [0.15, 0.2) is 29.3 Å². The van der Waals surface area contributed by atoms with Gasteiger partial charge in [-0.15, -0.1) is 24.0 Å². The van der Waals surface area contributed by atoms with E-state index in [1.54, 1.807) is 14.2 Å². The third kappa shape index (κ3) is 6.17. The maximum absolute atomic E-state index is 5.37. The largest absolute Gasteiger partial charge is 0.497 e. The Morgan fingerprint density at radius 3 is 2.61 bits per heavy atom. The molecule has 0 spiro atoms. The molecule has 4 rings (SSSR count). The van der Waals surface area contributed by atoms with Gasteiger partial charge in [0.2, 0.25) is 0 Å². The molecule has 9 heteroatoms. The number of aromatic nitrogens is 3. The smallest absolute Gasteiger partial charge is 0.191 e. The molecule has 1 aliphatic heterocycles. The Hall–Kier alpha value is -1.88. The van der Waals surface area contributed by atoms with Crippen molar-refractivity contribution < 1.29 is 9.47 Å². The lowest BCUT2D eigenvalue weighted by molar-refractivity contribution is 0.177. The third-order valence-electron chi connectivity index (χ3n) is 6.85. The minimum Gasteiger partial charge on any atom is -0.497 e. The van der Waals surface area contributed by atoms with Crippen LogP contribution in [0.3, 0.4) is 0 Å². The van der Waals surface area contributed by atoms with Gasteiger partial charge in [-0.2, -0.15) is 5.10 Å². The summed E-state index contributed by atoms with van der Waals surface area (Å²) in [6, 6.07) is 8.89. The van der Waals surface area contributed by atoms with Crippen molar-refractivity contribution >= 4 is 29.9 Å². The van der Waals surface area contributed by atoms with Crippen molar-refractivity contribution in [3.8, 4) is 5.75 Å². The molecule has 1 aromatic heterocycles. The number of hydrogen-bond donors (Lipinski definition) is 2. The van der Waals surface area contributed by atoms with Gasteiger partial charge in [-0.1, -0.05) is 31.4 Å². The summed E-state index contributed by atoms with van der Waals surface area (Å²) < 4.78 is 12.5. The SMILES string of the molecule is CN=C(NCC1(c2ccc(OC)cc2)CCCCC1)NC1CCc2nc(COC)nn2C1.I. The molecule has 1 aliphatic carbocycles. The van der Waals surface area contributed by atoms with Gasteiger partial charge < -0.3 is 20.1 Å². The van der Waals surface area contributed by atoms with Gasteiger partial charge in [-0.25, -0.2) is 9.67 Å². The first kappa shape index (κ1) is 25.7. The highest BCUT2D eigenvalue weighted by Gasteiger charge is 2.34. The summed E-state index contributed by atoms with van der Waals surface area (Å²) in [6.45, 7) is 2.11. The van der Waals surface area contributed by atoms with Crippen molar-refractivity contribution in [1.29, 1.82) is 0 Å². The third-order valence-corrected chi connectivity index (χ3v) is 6.85. The lowest BCUT2D eigenvalue weighted by atomic mass is 9.69. The first-order chi connectivity index (χ1) is 15.7. The van der Waals surface area contributed by atoms with Crippen molar-refractivity contribution in [2.24, 2.45) is 4.99 Å². The summed E-state index contributed by atoms with van der Waals surface area (Å²) in [5.41, 5.74) is 1.51. The number of aliphatic imine (C=N–C) groups is 1. The first-order valence-electron chi connectivity index (χ1n) is 11.7. The van der Waals surface area contributed by atoms with Crippen LogP contribution >= 0.6 is 24.0 Å². The minimum atomic E-state index is 0. The zero-order valence-corrected chi connectivity index (χ0v) is 22.3. The number of benzene rings is 1. The molecule has 0 amide bonds. The summed E-state index contributed by atoms with van der Waals surface area (Å²) in [4.78, 5) is 9.09. The molecule has 1 saturated carbocycles. The number of ether oxygens (including phenoxy) is 2. The number of guanidine groups is 1. The molecular weight excluding hydrogens is 531 g/mol. The predicted octanol–water partition coefficient (Wildman–Crippen LogP) is 3.43. The molecule has 2 heterocycles. The van der Waals surface area contributed by atoms with E-state index in [1.807, 2.05) is 11.7 Å². The van der Waals surface area contributed by atoms with Crippen molar-refractivity contribution in [3.05, 3.63) is 41.5 Å². The Labute approximate surface area is 214 Å². The van der Waals surface area contributed by atoms with Crippen LogP contribution in [0.5, 0.6) is 5.75 Å². The number of fused-ring (bicyclic) bond motifs is 1. The number of nitrogens with zero attached hydrogens (tertiary/aromatic N) is 4. The molecule has 0 radical (unpaired) electrons. The number of hydrogen-bond acceptors (Lipinski definition) is 5. The van der Waals surface area contributed by atoms with Gasteiger partial charge in [0.1, 0.15) is 18.2 Å². The van der Waals surface area contributed by atoms with Crippen LogP contribution < -0.4 is 15.4 Å². The van der Waals surface area contributed by atoms with Crippen LogP contribution in [0.4, 0.5) is 0 Å². The van der Waals surface area contributed by atoms with Crippen LogP contribution in [0.25, 0.3) is 0 Å². The van der Waals surface area contributed by atoms with E-state index < -0.39 is 0 Å². The van der Waals surface area contributed by atoms with Crippen molar-refractivity contribution in [1.82, 2.24) is 25.4 Å². The standard InChI is InChI=1S/C24H36N6O2.HI/c1-25-23(27-19-9-12-22-28-21(16-31-2)29-30(22)15-19)26-17-24(13-5-4-6-14-24)18-7-10-20(32-3)11-8-18;/h7-8,10-11,19H,4-6,9,12-17H2,1-3H3,(H2,25,26,27);1H. The maximum atomic E-state index is 5.37. The molecule has 2 N–H and O–H groups in total. The Morgan fingerprint density at radius 2 is 1.94 bits per heavy atom. The Balaban J connectivity index is 0.00000306. The fraction of sp³-hybridized carbons (Fsp3) is 0.625. The lowest BCUT2D eigenvalue weighted by Crippen LogP contribution is -2.51. The molecule has 182 valence electrons. The van der Waals surface area contributed by atoms with E-state index in [-0.39, 0.29) is 35.4 Å². The van der Waals surface area contributed by atoms with Crippen LogP contribution in [-0.2, 0) is 29.7 Å². The topological polar surface area (TPSA) is 85.6 Å². The number of aryl methyl sites for hydroxylation is 1. The molecule has 2 aromatic rings. The van der Waals surface area contributed by atoms with Crippen LogP contribution in [0.1, 0.15) is 55.7 Å². The zero-order chi connectivity index (χ0) is 22.4. The Morgan fingerprint density at radius 1 is 1.18 bits per heavy atom. The predicted molar refractivity (Wildman–Crippen MR) is 141 cm³/mol. The van der Waals surface area contributed by atoms with Crippen molar-refractivity contribution in [3.63, 3.8) is 0 Å². The summed E-state index contributed by atoms with van der Waals surface area (Å²) >= 11 is 0. The quantitative estimate of drug-likeness (QED) is 0.303. The number of methoxy groups -OCH3 is 2. The molecular formula is C24H37IN6O2. The van der Waals surface area contributed by atoms with Crippen LogP contribution in [-0.4, -0.2) is 54.6 Å². The van der Waals surface area contributed by atoms with E-state index in [9.17, 15) is 0 Å². The van der Waals surface area contributed by atoms with Crippen LogP contribution in [0.2, 0.25) is 0 Å². The summed E-state index contributed by atoms with van der Waals surface area (Å²) in [6.07, 6.45) is 8.14. The van der Waals surface area contributed by atoms with E-state index in [1.165, 1.54) is 37.7 Å². The molecule has 8 nitrogen and oxygen atoms in total.